The Kier molecular flexibility index (Phi) is 5.28. The van der Waals surface area contributed by atoms with Crippen LogP contribution >= 0.6 is 0 Å². The Bertz CT molecular complexity index is 872. The summed E-state index contributed by atoms with van der Waals surface area (Å²) in [4.78, 5) is 19.9. The van der Waals surface area contributed by atoms with Gasteiger partial charge in [0.15, 0.2) is 0 Å². The smallest absolute Gasteiger partial charge is 0.254 e. The van der Waals surface area contributed by atoms with Gasteiger partial charge in [0.25, 0.3) is 5.91 Å². The molecule has 1 fully saturated rings. The number of carbonyl (C=O) groups is 1. The molecule has 2 aromatic carbocycles. The fourth-order valence-electron chi connectivity index (χ4n) is 5.27. The van der Waals surface area contributed by atoms with Crippen LogP contribution in [0.4, 0.5) is 5.69 Å². The lowest BCUT2D eigenvalue weighted by Crippen LogP contribution is -2.43. The van der Waals surface area contributed by atoms with Crippen LogP contribution in [0.25, 0.3) is 0 Å². The molecule has 29 heavy (non-hydrogen) atoms. The number of benzene rings is 2. The van der Waals surface area contributed by atoms with Crippen LogP contribution in [0.2, 0.25) is 0 Å². The molecule has 0 N–H and O–H groups in total. The fourth-order valence-corrected chi connectivity index (χ4v) is 5.27. The van der Waals surface area contributed by atoms with Crippen LogP contribution in [-0.4, -0.2) is 55.0 Å². The number of carbonyl (C=O) groups excluding carboxylic acids is 1. The van der Waals surface area contributed by atoms with E-state index < -0.39 is 0 Å². The molecule has 0 spiro atoms. The van der Waals surface area contributed by atoms with E-state index >= 15 is 0 Å². The summed E-state index contributed by atoms with van der Waals surface area (Å²) in [5.41, 5.74) is 5.05. The molecule has 0 unspecified atom stereocenters. The molecule has 0 atom stereocenters. The molecular weight excluding hydrogens is 358 g/mol. The first-order valence-corrected chi connectivity index (χ1v) is 11.2. The van der Waals surface area contributed by atoms with Crippen LogP contribution in [0.1, 0.15) is 40.7 Å². The summed E-state index contributed by atoms with van der Waals surface area (Å²) in [6, 6.07) is 17.0. The molecule has 3 aliphatic rings. The number of aryl methyl sites for hydroxylation is 1. The summed E-state index contributed by atoms with van der Waals surface area (Å²) in [6.07, 6.45) is 4.90. The number of hydrogen-bond donors (Lipinski definition) is 0. The Morgan fingerprint density at radius 2 is 1.59 bits per heavy atom. The molecule has 1 amide bonds. The lowest BCUT2D eigenvalue weighted by Gasteiger charge is -2.37. The van der Waals surface area contributed by atoms with Crippen molar-refractivity contribution < 1.29 is 4.79 Å². The Morgan fingerprint density at radius 3 is 2.41 bits per heavy atom. The van der Waals surface area contributed by atoms with E-state index in [1.807, 2.05) is 18.2 Å². The highest BCUT2D eigenvalue weighted by Crippen LogP contribution is 2.28. The summed E-state index contributed by atoms with van der Waals surface area (Å²) >= 11 is 0. The Hall–Kier alpha value is -2.33. The number of para-hydroxylation sites is 1. The van der Waals surface area contributed by atoms with Crippen LogP contribution in [0.3, 0.4) is 0 Å². The van der Waals surface area contributed by atoms with Gasteiger partial charge in [-0.2, -0.15) is 0 Å². The van der Waals surface area contributed by atoms with Crippen molar-refractivity contribution in [3.63, 3.8) is 0 Å². The van der Waals surface area contributed by atoms with E-state index in [2.05, 4.69) is 45.0 Å². The number of rotatable bonds is 5. The van der Waals surface area contributed by atoms with E-state index in [1.165, 1.54) is 49.0 Å². The van der Waals surface area contributed by atoms with Crippen LogP contribution in [-0.2, 0) is 13.0 Å². The van der Waals surface area contributed by atoms with Crippen LogP contribution in [0, 0.1) is 5.92 Å². The highest BCUT2D eigenvalue weighted by molar-refractivity contribution is 5.98. The molecule has 0 radical (unpaired) electrons. The third-order valence-electron chi connectivity index (χ3n) is 6.97. The van der Waals surface area contributed by atoms with Gasteiger partial charge in [-0.15, -0.1) is 0 Å². The average Bonchev–Trinajstić information content (AvgIpc) is 3.09. The summed E-state index contributed by atoms with van der Waals surface area (Å²) in [7, 11) is 0. The lowest BCUT2D eigenvalue weighted by molar-refractivity contribution is 0.0715. The maximum absolute atomic E-state index is 12.6. The Labute approximate surface area is 174 Å². The zero-order chi connectivity index (χ0) is 19.6. The number of fused-ring (bicyclic) bond motifs is 2. The lowest BCUT2D eigenvalue weighted by atomic mass is 9.96. The quantitative estimate of drug-likeness (QED) is 0.778. The topological polar surface area (TPSA) is 26.8 Å². The molecule has 152 valence electrons. The molecule has 3 aliphatic heterocycles. The van der Waals surface area contributed by atoms with Gasteiger partial charge in [0.05, 0.1) is 0 Å². The van der Waals surface area contributed by atoms with Crippen molar-refractivity contribution in [1.82, 2.24) is 9.80 Å². The molecule has 0 aliphatic carbocycles. The molecular formula is C25H31N3O. The number of anilines is 1. The molecule has 4 nitrogen and oxygen atoms in total. The monoisotopic (exact) mass is 389 g/mol. The van der Waals surface area contributed by atoms with Gasteiger partial charge in [0.2, 0.25) is 0 Å². The minimum Gasteiger partial charge on any atom is -0.370 e. The van der Waals surface area contributed by atoms with Gasteiger partial charge >= 0.3 is 0 Å². The van der Waals surface area contributed by atoms with Gasteiger partial charge in [-0.3, -0.25) is 4.79 Å². The highest BCUT2D eigenvalue weighted by Gasteiger charge is 2.30. The maximum Gasteiger partial charge on any atom is 0.254 e. The third-order valence-corrected chi connectivity index (χ3v) is 6.97. The first kappa shape index (κ1) is 18.7. The summed E-state index contributed by atoms with van der Waals surface area (Å²) < 4.78 is 0. The molecule has 1 saturated heterocycles. The van der Waals surface area contributed by atoms with Crippen LogP contribution in [0.15, 0.2) is 48.5 Å². The van der Waals surface area contributed by atoms with Crippen molar-refractivity contribution >= 4 is 11.6 Å². The van der Waals surface area contributed by atoms with E-state index in [4.69, 9.17) is 0 Å². The minimum atomic E-state index is 0.229. The van der Waals surface area contributed by atoms with Gasteiger partial charge in [0.1, 0.15) is 0 Å². The number of piperidine rings is 1. The molecule has 2 aromatic rings. The SMILES string of the molecule is O=C1c2ccccc2CN1CC1CCN(CCN2CCCc3ccccc32)CC1. The molecule has 3 heterocycles. The van der Waals surface area contributed by atoms with Crippen molar-refractivity contribution in [3.05, 3.63) is 65.2 Å². The molecule has 4 heteroatoms. The second-order valence-electron chi connectivity index (χ2n) is 8.85. The van der Waals surface area contributed by atoms with Gasteiger partial charge < -0.3 is 14.7 Å². The summed E-state index contributed by atoms with van der Waals surface area (Å²) in [6.45, 7) is 7.50. The van der Waals surface area contributed by atoms with Gasteiger partial charge in [-0.25, -0.2) is 0 Å². The van der Waals surface area contributed by atoms with Crippen molar-refractivity contribution in [2.24, 2.45) is 5.92 Å². The summed E-state index contributed by atoms with van der Waals surface area (Å²) in [5, 5.41) is 0. The predicted molar refractivity (Wildman–Crippen MR) is 117 cm³/mol. The Balaban J connectivity index is 1.09. The molecule has 5 rings (SSSR count). The second kappa shape index (κ2) is 8.19. The normalized spacial score (nSPS) is 20.1. The van der Waals surface area contributed by atoms with E-state index in [9.17, 15) is 4.79 Å². The standard InChI is InChI=1S/C25H31N3O/c29-25-23-9-3-1-7-22(23)19-28(25)18-20-11-14-26(15-12-20)16-17-27-13-5-8-21-6-2-4-10-24(21)27/h1-4,6-7,9-10,20H,5,8,11-19H2. The molecule has 0 aromatic heterocycles. The zero-order valence-electron chi connectivity index (χ0n) is 17.2. The molecule has 0 saturated carbocycles. The van der Waals surface area contributed by atoms with Crippen LogP contribution < -0.4 is 4.90 Å². The number of likely N-dealkylation sites (tertiary alicyclic amines) is 1. The van der Waals surface area contributed by atoms with Crippen molar-refractivity contribution in [2.75, 3.05) is 44.2 Å². The first-order valence-electron chi connectivity index (χ1n) is 11.2. The highest BCUT2D eigenvalue weighted by atomic mass is 16.2. The number of amides is 1. The largest absolute Gasteiger partial charge is 0.370 e. The maximum atomic E-state index is 12.6. The van der Waals surface area contributed by atoms with E-state index in [0.29, 0.717) is 5.92 Å². The van der Waals surface area contributed by atoms with Gasteiger partial charge in [-0.05, 0) is 68.0 Å². The van der Waals surface area contributed by atoms with Crippen molar-refractivity contribution in [2.45, 2.75) is 32.2 Å². The second-order valence-corrected chi connectivity index (χ2v) is 8.85. The number of nitrogens with zero attached hydrogens (tertiary/aromatic N) is 3. The van der Waals surface area contributed by atoms with E-state index in [1.54, 1.807) is 0 Å². The van der Waals surface area contributed by atoms with Gasteiger partial charge in [-0.1, -0.05) is 36.4 Å². The zero-order valence-corrected chi connectivity index (χ0v) is 17.2. The third kappa shape index (κ3) is 3.91. The minimum absolute atomic E-state index is 0.229. The van der Waals surface area contributed by atoms with E-state index in [0.717, 1.165) is 44.8 Å². The van der Waals surface area contributed by atoms with Crippen molar-refractivity contribution in [1.29, 1.82) is 0 Å². The van der Waals surface area contributed by atoms with Crippen LogP contribution in [0.5, 0.6) is 0 Å². The summed E-state index contributed by atoms with van der Waals surface area (Å²) in [5.74, 6) is 0.868. The van der Waals surface area contributed by atoms with Gasteiger partial charge in [0, 0.05) is 44.0 Å². The van der Waals surface area contributed by atoms with E-state index in [-0.39, 0.29) is 5.91 Å². The Morgan fingerprint density at radius 1 is 0.828 bits per heavy atom. The molecule has 0 bridgehead atoms. The number of hydrogen-bond acceptors (Lipinski definition) is 3. The first-order chi connectivity index (χ1) is 14.3. The predicted octanol–water partition coefficient (Wildman–Crippen LogP) is 3.81. The van der Waals surface area contributed by atoms with Crippen molar-refractivity contribution in [3.8, 4) is 0 Å². The fraction of sp³-hybridized carbons (Fsp3) is 0.480. The average molecular weight is 390 g/mol.